The van der Waals surface area contributed by atoms with Crippen molar-refractivity contribution in [2.24, 2.45) is 17.8 Å². The molecule has 0 spiro atoms. The molecule has 3 aliphatic rings. The molecule has 0 saturated carbocycles. The zero-order chi connectivity index (χ0) is 22.6. The van der Waals surface area contributed by atoms with E-state index in [1.54, 1.807) is 0 Å². The van der Waals surface area contributed by atoms with Gasteiger partial charge in [0.25, 0.3) is 0 Å². The van der Waals surface area contributed by atoms with Crippen LogP contribution >= 0.6 is 0 Å². The van der Waals surface area contributed by atoms with Crippen molar-refractivity contribution in [2.45, 2.75) is 110 Å². The van der Waals surface area contributed by atoms with E-state index in [2.05, 4.69) is 36.1 Å². The number of nitrogens with zero attached hydrogens (tertiary/aromatic N) is 1. The molecule has 0 aromatic rings. The highest BCUT2D eigenvalue weighted by molar-refractivity contribution is 5.67. The van der Waals surface area contributed by atoms with Crippen LogP contribution in [0.4, 0.5) is 0 Å². The highest BCUT2D eigenvalue weighted by Crippen LogP contribution is 2.42. The summed E-state index contributed by atoms with van der Waals surface area (Å²) < 4.78 is 0. The second-order valence-electron chi connectivity index (χ2n) is 10.5. The van der Waals surface area contributed by atoms with Crippen molar-refractivity contribution in [1.82, 2.24) is 4.90 Å². The van der Waals surface area contributed by atoms with Crippen LogP contribution in [0.5, 0.6) is 0 Å². The summed E-state index contributed by atoms with van der Waals surface area (Å²) >= 11 is 0. The number of unbranched alkanes of at least 4 members (excludes halogenated alkanes) is 10. The second kappa shape index (κ2) is 13.9. The zero-order valence-electron chi connectivity index (χ0n) is 20.6. The number of aliphatic carboxylic acids is 1. The van der Waals surface area contributed by atoms with Crippen LogP contribution in [0.25, 0.3) is 0 Å². The fourth-order valence-corrected chi connectivity index (χ4v) is 6.13. The monoisotopic (exact) mass is 441 g/mol. The van der Waals surface area contributed by atoms with E-state index < -0.39 is 5.97 Å². The molecule has 0 aromatic carbocycles. The molecule has 0 aromatic heterocycles. The first kappa shape index (κ1) is 25.1. The quantitative estimate of drug-likeness (QED) is 0.263. The third-order valence-corrected chi connectivity index (χ3v) is 8.06. The van der Waals surface area contributed by atoms with Crippen molar-refractivity contribution in [3.63, 3.8) is 0 Å². The summed E-state index contributed by atoms with van der Waals surface area (Å²) in [6, 6.07) is 0. The van der Waals surface area contributed by atoms with Gasteiger partial charge < -0.3 is 10.0 Å². The zero-order valence-corrected chi connectivity index (χ0v) is 20.6. The Kier molecular flexibility index (Phi) is 10.9. The fraction of sp³-hybridized carbons (Fsp3) is 0.759. The lowest BCUT2D eigenvalue weighted by atomic mass is 9.75. The number of carbonyl (C=O) groups is 1. The lowest BCUT2D eigenvalue weighted by Crippen LogP contribution is -2.40. The van der Waals surface area contributed by atoms with Crippen molar-refractivity contribution < 1.29 is 9.90 Å². The van der Waals surface area contributed by atoms with Gasteiger partial charge in [-0.25, -0.2) is 0 Å². The van der Waals surface area contributed by atoms with Gasteiger partial charge in [0.05, 0.1) is 0 Å². The van der Waals surface area contributed by atoms with Gasteiger partial charge in [-0.1, -0.05) is 102 Å². The largest absolute Gasteiger partial charge is 0.481 e. The summed E-state index contributed by atoms with van der Waals surface area (Å²) in [5, 5.41) is 9.57. The Morgan fingerprint density at radius 2 is 1.62 bits per heavy atom. The normalized spacial score (nSPS) is 23.2. The number of piperidine rings is 1. The number of carboxylic acids is 1. The molecule has 3 unspecified atom stereocenters. The Morgan fingerprint density at radius 1 is 0.969 bits per heavy atom. The van der Waals surface area contributed by atoms with Crippen molar-refractivity contribution in [2.75, 3.05) is 13.1 Å². The molecule has 32 heavy (non-hydrogen) atoms. The van der Waals surface area contributed by atoms with Gasteiger partial charge in [-0.15, -0.1) is 0 Å². The third kappa shape index (κ3) is 7.81. The van der Waals surface area contributed by atoms with E-state index in [9.17, 15) is 9.90 Å². The van der Waals surface area contributed by atoms with Crippen LogP contribution in [0.1, 0.15) is 110 Å². The van der Waals surface area contributed by atoms with Gasteiger partial charge in [-0.3, -0.25) is 4.79 Å². The molecule has 3 atom stereocenters. The van der Waals surface area contributed by atoms with Gasteiger partial charge in [0.2, 0.25) is 0 Å². The number of fused-ring (bicyclic) bond motifs is 2. The lowest BCUT2D eigenvalue weighted by Gasteiger charge is -2.44. The number of allylic oxidation sites excluding steroid dienone is 6. The Balaban J connectivity index is 1.40. The smallest absolute Gasteiger partial charge is 0.303 e. The molecule has 2 aliphatic heterocycles. The number of hydrogen-bond donors (Lipinski definition) is 1. The summed E-state index contributed by atoms with van der Waals surface area (Å²) in [6.07, 6.45) is 28.8. The van der Waals surface area contributed by atoms with E-state index in [4.69, 9.17) is 0 Å². The highest BCUT2D eigenvalue weighted by atomic mass is 16.4. The topological polar surface area (TPSA) is 40.5 Å². The molecule has 1 N–H and O–H groups in total. The maximum absolute atomic E-state index is 11.6. The molecule has 2 heterocycles. The molecule has 1 fully saturated rings. The summed E-state index contributed by atoms with van der Waals surface area (Å²) in [7, 11) is 0. The van der Waals surface area contributed by atoms with Gasteiger partial charge >= 0.3 is 5.97 Å². The van der Waals surface area contributed by atoms with Crippen molar-refractivity contribution in [3.05, 3.63) is 35.6 Å². The predicted molar refractivity (Wildman–Crippen MR) is 135 cm³/mol. The van der Waals surface area contributed by atoms with Gasteiger partial charge in [0, 0.05) is 31.1 Å². The molecule has 3 rings (SSSR count). The summed E-state index contributed by atoms with van der Waals surface area (Å²) in [5.41, 5.74) is 3.03. The van der Waals surface area contributed by atoms with Crippen molar-refractivity contribution in [1.29, 1.82) is 0 Å². The average Bonchev–Trinajstić information content (AvgIpc) is 2.81. The minimum atomic E-state index is -0.611. The molecule has 180 valence electrons. The maximum Gasteiger partial charge on any atom is 0.303 e. The first-order chi connectivity index (χ1) is 15.7. The number of rotatable bonds is 15. The van der Waals surface area contributed by atoms with Crippen LogP contribution in [0.2, 0.25) is 0 Å². The molecule has 1 aliphatic carbocycles. The van der Waals surface area contributed by atoms with Crippen molar-refractivity contribution >= 4 is 5.97 Å². The lowest BCUT2D eigenvalue weighted by molar-refractivity contribution is -0.138. The summed E-state index contributed by atoms with van der Waals surface area (Å²) in [4.78, 5) is 14.2. The van der Waals surface area contributed by atoms with E-state index in [0.717, 1.165) is 32.4 Å². The second-order valence-corrected chi connectivity index (χ2v) is 10.5. The Hall–Kier alpha value is -1.51. The van der Waals surface area contributed by atoms with Gasteiger partial charge in [0.1, 0.15) is 0 Å². The van der Waals surface area contributed by atoms with E-state index in [-0.39, 0.29) is 0 Å². The molecule has 3 nitrogen and oxygen atoms in total. The molecular formula is C29H47NO2. The number of hydrogen-bond acceptors (Lipinski definition) is 2. The first-order valence-electron chi connectivity index (χ1n) is 13.7. The molecule has 1 saturated heterocycles. The standard InChI is InChI=1S/C29H47NO2/c1-2-3-4-5-6-7-8-9-10-11-12-16-25(23-29(31)32)26-19-21-30-20-18-24-15-13-14-17-27(24)28(30)22-26/h13-15,17,24-26H,2-12,16,18-23H2,1H3,(H,31,32). The van der Waals surface area contributed by atoms with E-state index in [1.807, 2.05) is 0 Å². The van der Waals surface area contributed by atoms with Crippen LogP contribution in [-0.2, 0) is 4.79 Å². The van der Waals surface area contributed by atoms with Gasteiger partial charge in [-0.05, 0) is 43.1 Å². The maximum atomic E-state index is 11.6. The molecule has 0 radical (unpaired) electrons. The van der Waals surface area contributed by atoms with Crippen LogP contribution in [0.3, 0.4) is 0 Å². The number of carboxylic acid groups (broad SMARTS) is 1. The SMILES string of the molecule is CCCCCCCCCCCCCC(CC(=O)O)C1CCN2CCC3C=CC=CC3=C2C1. The van der Waals surface area contributed by atoms with Crippen LogP contribution < -0.4 is 0 Å². The minimum Gasteiger partial charge on any atom is -0.481 e. The molecular weight excluding hydrogens is 394 g/mol. The molecule has 3 heteroatoms. The van der Waals surface area contributed by atoms with E-state index >= 15 is 0 Å². The predicted octanol–water partition coefficient (Wildman–Crippen LogP) is 7.89. The average molecular weight is 442 g/mol. The summed E-state index contributed by atoms with van der Waals surface area (Å²) in [5.74, 6) is 0.838. The Bertz CT molecular complexity index is 662. The van der Waals surface area contributed by atoms with E-state index in [0.29, 0.717) is 24.2 Å². The van der Waals surface area contributed by atoms with Crippen LogP contribution in [0.15, 0.2) is 35.6 Å². The minimum absolute atomic E-state index is 0.338. The fourth-order valence-electron chi connectivity index (χ4n) is 6.13. The van der Waals surface area contributed by atoms with Gasteiger partial charge in [-0.2, -0.15) is 0 Å². The van der Waals surface area contributed by atoms with Crippen LogP contribution in [0, 0.1) is 17.8 Å². The van der Waals surface area contributed by atoms with E-state index in [1.165, 1.54) is 88.3 Å². The molecule has 0 bridgehead atoms. The van der Waals surface area contributed by atoms with Crippen molar-refractivity contribution in [3.8, 4) is 0 Å². The highest BCUT2D eigenvalue weighted by Gasteiger charge is 2.34. The summed E-state index contributed by atoms with van der Waals surface area (Å²) in [6.45, 7) is 4.55. The molecule has 0 amide bonds. The Labute approximate surface area is 197 Å². The Morgan fingerprint density at radius 3 is 2.31 bits per heavy atom. The van der Waals surface area contributed by atoms with Gasteiger partial charge in [0.15, 0.2) is 0 Å². The third-order valence-electron chi connectivity index (χ3n) is 8.06. The first-order valence-corrected chi connectivity index (χ1v) is 13.7. The van der Waals surface area contributed by atoms with Crippen LogP contribution in [-0.4, -0.2) is 29.1 Å².